The molecule has 1 aliphatic rings. The molecule has 0 aliphatic carbocycles. The maximum absolute atomic E-state index is 12.7. The van der Waals surface area contributed by atoms with Crippen LogP contribution < -0.4 is 29.7 Å². The van der Waals surface area contributed by atoms with Crippen molar-refractivity contribution in [1.29, 1.82) is 0 Å². The van der Waals surface area contributed by atoms with Crippen molar-refractivity contribution in [3.05, 3.63) is 45.0 Å². The van der Waals surface area contributed by atoms with E-state index in [-0.39, 0.29) is 19.3 Å². The predicted molar refractivity (Wildman–Crippen MR) is 134 cm³/mol. The van der Waals surface area contributed by atoms with Crippen molar-refractivity contribution in [3.63, 3.8) is 0 Å². The molecule has 10 heteroatoms. The minimum atomic E-state index is -0.802. The molecule has 1 heterocycles. The number of fused-ring (bicyclic) bond motifs is 1. The van der Waals surface area contributed by atoms with Gasteiger partial charge in [-0.05, 0) is 64.4 Å². The van der Waals surface area contributed by atoms with E-state index in [4.69, 9.17) is 25.4 Å². The largest absolute Gasteiger partial charge is 0.493 e. The average molecular weight is 577 g/mol. The van der Waals surface area contributed by atoms with Crippen LogP contribution in [0.3, 0.4) is 0 Å². The van der Waals surface area contributed by atoms with E-state index >= 15 is 0 Å². The summed E-state index contributed by atoms with van der Waals surface area (Å²) >= 11 is 2.10. The van der Waals surface area contributed by atoms with E-state index in [0.717, 1.165) is 3.57 Å². The van der Waals surface area contributed by atoms with Crippen molar-refractivity contribution in [2.24, 2.45) is 11.0 Å². The molecule has 34 heavy (non-hydrogen) atoms. The van der Waals surface area contributed by atoms with Gasteiger partial charge in [-0.2, -0.15) is 5.10 Å². The van der Waals surface area contributed by atoms with Gasteiger partial charge in [0, 0.05) is 5.56 Å². The average Bonchev–Trinajstić information content (AvgIpc) is 3.29. The Balaban J connectivity index is 1.66. The Morgan fingerprint density at radius 3 is 2.74 bits per heavy atom. The Hall–Kier alpha value is -3.46. The molecule has 0 saturated carbocycles. The smallest absolute Gasteiger partial charge is 0.262 e. The second-order valence-corrected chi connectivity index (χ2v) is 8.69. The van der Waals surface area contributed by atoms with Gasteiger partial charge in [0.2, 0.25) is 6.79 Å². The van der Waals surface area contributed by atoms with Gasteiger partial charge < -0.3 is 24.3 Å². The Morgan fingerprint density at radius 2 is 2.03 bits per heavy atom. The topological polar surface area (TPSA) is 107 Å². The van der Waals surface area contributed by atoms with Crippen molar-refractivity contribution in [2.45, 2.75) is 19.9 Å². The fraction of sp³-hybridized carbons (Fsp3) is 0.292. The number of methoxy groups -OCH3 is 1. The number of rotatable bonds is 9. The highest BCUT2D eigenvalue weighted by Crippen LogP contribution is 2.34. The zero-order chi connectivity index (χ0) is 24.7. The van der Waals surface area contributed by atoms with E-state index in [0.29, 0.717) is 34.1 Å². The molecule has 2 aromatic carbocycles. The first-order valence-electron chi connectivity index (χ1n) is 10.3. The summed E-state index contributed by atoms with van der Waals surface area (Å²) in [4.78, 5) is 25.5. The SMILES string of the molecule is C#CCOc1c(I)cc(/C=N/NC(=O)C(NC(=O)c2ccc3c(c2)OCO3)C(C)C)cc1OC. The Bertz CT molecular complexity index is 1140. The number of nitrogens with one attached hydrogen (secondary N) is 2. The second-order valence-electron chi connectivity index (χ2n) is 7.52. The molecule has 0 saturated heterocycles. The highest BCUT2D eigenvalue weighted by molar-refractivity contribution is 14.1. The molecule has 1 unspecified atom stereocenters. The lowest BCUT2D eigenvalue weighted by atomic mass is 10.0. The number of hydrogen-bond donors (Lipinski definition) is 2. The third-order valence-electron chi connectivity index (χ3n) is 4.81. The zero-order valence-corrected chi connectivity index (χ0v) is 21.0. The number of hydrazone groups is 1. The molecular weight excluding hydrogens is 553 g/mol. The van der Waals surface area contributed by atoms with Crippen LogP contribution in [-0.2, 0) is 4.79 Å². The molecule has 9 nitrogen and oxygen atoms in total. The van der Waals surface area contributed by atoms with Crippen LogP contribution in [0, 0.1) is 21.8 Å². The van der Waals surface area contributed by atoms with E-state index in [1.54, 1.807) is 24.3 Å². The maximum atomic E-state index is 12.7. The van der Waals surface area contributed by atoms with Gasteiger partial charge in [-0.1, -0.05) is 19.8 Å². The van der Waals surface area contributed by atoms with Crippen LogP contribution in [0.4, 0.5) is 0 Å². The lowest BCUT2D eigenvalue weighted by Crippen LogP contribution is -2.48. The number of carbonyl (C=O) groups is 2. The van der Waals surface area contributed by atoms with Gasteiger partial charge in [-0.15, -0.1) is 6.42 Å². The number of halogens is 1. The number of hydrogen-bond acceptors (Lipinski definition) is 7. The third kappa shape index (κ3) is 6.11. The summed E-state index contributed by atoms with van der Waals surface area (Å²) in [6.07, 6.45) is 6.73. The summed E-state index contributed by atoms with van der Waals surface area (Å²) in [6, 6.07) is 7.57. The van der Waals surface area contributed by atoms with Gasteiger partial charge in [0.25, 0.3) is 11.8 Å². The quantitative estimate of drug-likeness (QED) is 0.206. The van der Waals surface area contributed by atoms with Gasteiger partial charge in [-0.25, -0.2) is 5.43 Å². The van der Waals surface area contributed by atoms with Crippen molar-refractivity contribution in [3.8, 4) is 35.3 Å². The summed E-state index contributed by atoms with van der Waals surface area (Å²) in [5.41, 5.74) is 3.53. The molecule has 2 aromatic rings. The highest BCUT2D eigenvalue weighted by Gasteiger charge is 2.25. The van der Waals surface area contributed by atoms with Crippen LogP contribution in [0.15, 0.2) is 35.4 Å². The number of terminal acetylenes is 1. The van der Waals surface area contributed by atoms with Crippen molar-refractivity contribution in [2.75, 3.05) is 20.5 Å². The van der Waals surface area contributed by atoms with Crippen LogP contribution in [0.5, 0.6) is 23.0 Å². The zero-order valence-electron chi connectivity index (χ0n) is 18.9. The molecular formula is C24H24IN3O6. The molecule has 0 aromatic heterocycles. The molecule has 1 atom stereocenters. The number of carbonyl (C=O) groups excluding carboxylic acids is 2. The molecule has 0 radical (unpaired) electrons. The van der Waals surface area contributed by atoms with Gasteiger partial charge in [0.15, 0.2) is 23.0 Å². The molecule has 3 rings (SSSR count). The maximum Gasteiger partial charge on any atom is 0.262 e. The summed E-state index contributed by atoms with van der Waals surface area (Å²) in [5.74, 6) is 3.47. The predicted octanol–water partition coefficient (Wildman–Crippen LogP) is 2.95. The normalized spacial score (nSPS) is 12.8. The molecule has 0 bridgehead atoms. The van der Waals surface area contributed by atoms with Gasteiger partial charge in [0.1, 0.15) is 12.6 Å². The fourth-order valence-electron chi connectivity index (χ4n) is 3.11. The fourth-order valence-corrected chi connectivity index (χ4v) is 3.89. The first-order valence-corrected chi connectivity index (χ1v) is 11.4. The molecule has 0 fully saturated rings. The summed E-state index contributed by atoms with van der Waals surface area (Å²) in [6.45, 7) is 3.89. The lowest BCUT2D eigenvalue weighted by Gasteiger charge is -2.20. The third-order valence-corrected chi connectivity index (χ3v) is 5.61. The minimum Gasteiger partial charge on any atom is -0.493 e. The van der Waals surface area contributed by atoms with E-state index in [1.165, 1.54) is 13.3 Å². The van der Waals surface area contributed by atoms with E-state index in [9.17, 15) is 9.59 Å². The first kappa shape index (κ1) is 25.2. The number of ether oxygens (including phenoxy) is 4. The highest BCUT2D eigenvalue weighted by atomic mass is 127. The monoisotopic (exact) mass is 577 g/mol. The molecule has 2 amide bonds. The molecule has 2 N–H and O–H groups in total. The van der Waals surface area contributed by atoms with Crippen LogP contribution in [0.1, 0.15) is 29.8 Å². The molecule has 0 spiro atoms. The Kier molecular flexibility index (Phi) is 8.59. The Labute approximate surface area is 211 Å². The van der Waals surface area contributed by atoms with Crippen molar-refractivity contribution >= 4 is 40.6 Å². The van der Waals surface area contributed by atoms with Crippen LogP contribution in [0.2, 0.25) is 0 Å². The lowest BCUT2D eigenvalue weighted by molar-refractivity contribution is -0.123. The van der Waals surface area contributed by atoms with Crippen molar-refractivity contribution < 1.29 is 28.5 Å². The minimum absolute atomic E-state index is 0.112. The van der Waals surface area contributed by atoms with Gasteiger partial charge >= 0.3 is 0 Å². The van der Waals surface area contributed by atoms with Crippen LogP contribution >= 0.6 is 22.6 Å². The van der Waals surface area contributed by atoms with E-state index in [2.05, 4.69) is 44.4 Å². The number of benzene rings is 2. The van der Waals surface area contributed by atoms with E-state index in [1.807, 2.05) is 19.9 Å². The van der Waals surface area contributed by atoms with Gasteiger partial charge in [-0.3, -0.25) is 9.59 Å². The first-order chi connectivity index (χ1) is 16.3. The number of nitrogens with zero attached hydrogens (tertiary/aromatic N) is 1. The van der Waals surface area contributed by atoms with Crippen molar-refractivity contribution in [1.82, 2.24) is 10.7 Å². The standard InChI is InChI=1S/C24H24IN3O6/c1-5-8-32-22-17(25)9-15(10-20(22)31-4)12-26-28-24(30)21(14(2)3)27-23(29)16-6-7-18-19(11-16)34-13-33-18/h1,6-7,9-12,14,21H,8,13H2,2-4H3,(H,27,29)(H,28,30)/b26-12+. The summed E-state index contributed by atoms with van der Waals surface area (Å²) in [7, 11) is 1.52. The second kappa shape index (κ2) is 11.6. The molecule has 178 valence electrons. The van der Waals surface area contributed by atoms with Crippen LogP contribution in [-0.4, -0.2) is 44.6 Å². The van der Waals surface area contributed by atoms with Gasteiger partial charge in [0.05, 0.1) is 16.9 Å². The Morgan fingerprint density at radius 1 is 1.26 bits per heavy atom. The summed E-state index contributed by atoms with van der Waals surface area (Å²) in [5, 5.41) is 6.79. The molecule has 1 aliphatic heterocycles. The summed E-state index contributed by atoms with van der Waals surface area (Å²) < 4.78 is 22.2. The van der Waals surface area contributed by atoms with Crippen LogP contribution in [0.25, 0.3) is 0 Å². The van der Waals surface area contributed by atoms with E-state index < -0.39 is 17.9 Å². The number of amides is 2.